The number of carboxylic acids is 1. The summed E-state index contributed by atoms with van der Waals surface area (Å²) in [6.07, 6.45) is 0.747. The van der Waals surface area contributed by atoms with Crippen LogP contribution in [0.5, 0.6) is 5.75 Å². The Balaban J connectivity index is 2.88. The van der Waals surface area contributed by atoms with Crippen molar-refractivity contribution in [2.45, 2.75) is 32.2 Å². The first-order valence-corrected chi connectivity index (χ1v) is 6.62. The molecule has 0 aromatic heterocycles. The lowest BCUT2D eigenvalue weighted by Crippen LogP contribution is -2.35. The predicted molar refractivity (Wildman–Crippen MR) is 76.2 cm³/mol. The van der Waals surface area contributed by atoms with Crippen LogP contribution in [0, 0.1) is 0 Å². The number of amides is 1. The molecule has 1 rings (SSSR count). The summed E-state index contributed by atoms with van der Waals surface area (Å²) in [5.41, 5.74) is 0.765. The minimum atomic E-state index is -0.897. The van der Waals surface area contributed by atoms with E-state index in [0.29, 0.717) is 23.6 Å². The molecule has 6 heteroatoms. The molecule has 1 atom stereocenters. The summed E-state index contributed by atoms with van der Waals surface area (Å²) >= 11 is 6.14. The molecule has 1 unspecified atom stereocenters. The third kappa shape index (κ3) is 5.09. The van der Waals surface area contributed by atoms with Crippen LogP contribution in [0.4, 0.5) is 0 Å². The highest BCUT2D eigenvalue weighted by atomic mass is 35.5. The number of hydrogen-bond donors (Lipinski definition) is 2. The number of halogens is 1. The Bertz CT molecular complexity index is 490. The molecule has 0 radical (unpaired) electrons. The quantitative estimate of drug-likeness (QED) is 0.810. The van der Waals surface area contributed by atoms with Gasteiger partial charge in [-0.25, -0.2) is 0 Å². The van der Waals surface area contributed by atoms with E-state index < -0.39 is 5.97 Å². The molecule has 1 aromatic rings. The van der Waals surface area contributed by atoms with Crippen LogP contribution in [0.15, 0.2) is 18.2 Å². The number of rotatable bonds is 7. The summed E-state index contributed by atoms with van der Waals surface area (Å²) in [4.78, 5) is 21.9. The topological polar surface area (TPSA) is 75.6 Å². The lowest BCUT2D eigenvalue weighted by atomic mass is 10.0. The average molecular weight is 300 g/mol. The Morgan fingerprint density at radius 3 is 2.70 bits per heavy atom. The molecule has 0 heterocycles. The zero-order chi connectivity index (χ0) is 15.1. The van der Waals surface area contributed by atoms with Crippen LogP contribution in [0.3, 0.4) is 0 Å². The fourth-order valence-corrected chi connectivity index (χ4v) is 2.23. The van der Waals surface area contributed by atoms with E-state index >= 15 is 0 Å². The highest BCUT2D eigenvalue weighted by molar-refractivity contribution is 6.31. The first-order valence-electron chi connectivity index (χ1n) is 6.24. The van der Waals surface area contributed by atoms with E-state index in [-0.39, 0.29) is 18.4 Å². The van der Waals surface area contributed by atoms with Gasteiger partial charge < -0.3 is 15.2 Å². The van der Waals surface area contributed by atoms with E-state index in [4.69, 9.17) is 21.4 Å². The van der Waals surface area contributed by atoms with E-state index in [1.165, 1.54) is 6.92 Å². The number of carbonyl (C=O) groups excluding carboxylic acids is 1. The van der Waals surface area contributed by atoms with E-state index in [2.05, 4.69) is 5.32 Å². The van der Waals surface area contributed by atoms with E-state index in [9.17, 15) is 9.59 Å². The van der Waals surface area contributed by atoms with Crippen LogP contribution < -0.4 is 10.1 Å². The van der Waals surface area contributed by atoms with Gasteiger partial charge in [0.1, 0.15) is 5.75 Å². The first-order chi connectivity index (χ1) is 9.43. The van der Waals surface area contributed by atoms with Gasteiger partial charge in [-0.05, 0) is 25.0 Å². The smallest absolute Gasteiger partial charge is 0.303 e. The van der Waals surface area contributed by atoms with Gasteiger partial charge in [-0.1, -0.05) is 17.7 Å². The van der Waals surface area contributed by atoms with E-state index in [0.717, 1.165) is 5.56 Å². The number of carbonyl (C=O) groups is 2. The third-order valence-corrected chi connectivity index (χ3v) is 3.21. The maximum absolute atomic E-state index is 11.2. The van der Waals surface area contributed by atoms with Crippen LogP contribution in [0.2, 0.25) is 5.02 Å². The van der Waals surface area contributed by atoms with Crippen molar-refractivity contribution in [2.75, 3.05) is 7.11 Å². The van der Waals surface area contributed by atoms with Crippen LogP contribution in [-0.4, -0.2) is 30.1 Å². The fraction of sp³-hybridized carbons (Fsp3) is 0.429. The van der Waals surface area contributed by atoms with Crippen LogP contribution in [0.25, 0.3) is 0 Å². The number of aliphatic carboxylic acids is 1. The lowest BCUT2D eigenvalue weighted by Gasteiger charge is -2.19. The second-order valence-corrected chi connectivity index (χ2v) is 4.86. The van der Waals surface area contributed by atoms with Crippen molar-refractivity contribution >= 4 is 23.5 Å². The molecule has 1 amide bonds. The molecule has 0 aliphatic heterocycles. The van der Waals surface area contributed by atoms with Crippen LogP contribution in [-0.2, 0) is 16.0 Å². The molecule has 20 heavy (non-hydrogen) atoms. The normalized spacial score (nSPS) is 11.8. The molecule has 0 aliphatic carbocycles. The number of ether oxygens (including phenoxy) is 1. The zero-order valence-electron chi connectivity index (χ0n) is 11.5. The number of carboxylic acid groups (broad SMARTS) is 1. The summed E-state index contributed by atoms with van der Waals surface area (Å²) in [5, 5.41) is 12.0. The minimum absolute atomic E-state index is 0.0162. The monoisotopic (exact) mass is 299 g/mol. The number of nitrogens with one attached hydrogen (secondary N) is 1. The average Bonchev–Trinajstić information content (AvgIpc) is 2.37. The van der Waals surface area contributed by atoms with Crippen molar-refractivity contribution in [1.82, 2.24) is 5.32 Å². The van der Waals surface area contributed by atoms with Crippen LogP contribution in [0.1, 0.15) is 25.3 Å². The van der Waals surface area contributed by atoms with Gasteiger partial charge >= 0.3 is 5.97 Å². The predicted octanol–water partition coefficient (Wildman–Crippen LogP) is 2.26. The molecule has 2 N–H and O–H groups in total. The Labute approximate surface area is 122 Å². The molecule has 5 nitrogen and oxygen atoms in total. The fourth-order valence-electron chi connectivity index (χ4n) is 1.99. The van der Waals surface area contributed by atoms with Gasteiger partial charge in [-0.15, -0.1) is 0 Å². The summed E-state index contributed by atoms with van der Waals surface area (Å²) in [5.74, 6) is -0.471. The molecule has 110 valence electrons. The standard InChI is InChI=1S/C14H18ClNO4/c1-9(17)16-10(6-7-14(18)19)8-11-12(15)4-3-5-13(11)20-2/h3-5,10H,6-8H2,1-2H3,(H,16,17)(H,18,19). The number of methoxy groups -OCH3 is 1. The highest BCUT2D eigenvalue weighted by Crippen LogP contribution is 2.28. The second-order valence-electron chi connectivity index (χ2n) is 4.45. The van der Waals surface area contributed by atoms with Crippen molar-refractivity contribution in [1.29, 1.82) is 0 Å². The van der Waals surface area contributed by atoms with Crippen molar-refractivity contribution in [2.24, 2.45) is 0 Å². The largest absolute Gasteiger partial charge is 0.496 e. The molecule has 0 fully saturated rings. The van der Waals surface area contributed by atoms with Crippen LogP contribution >= 0.6 is 11.6 Å². The highest BCUT2D eigenvalue weighted by Gasteiger charge is 2.17. The Morgan fingerprint density at radius 2 is 2.15 bits per heavy atom. The maximum Gasteiger partial charge on any atom is 0.303 e. The summed E-state index contributed by atoms with van der Waals surface area (Å²) < 4.78 is 5.24. The summed E-state index contributed by atoms with van der Waals surface area (Å²) in [7, 11) is 1.54. The molecule has 0 saturated heterocycles. The molecule has 0 spiro atoms. The van der Waals surface area contributed by atoms with E-state index in [1.807, 2.05) is 0 Å². The van der Waals surface area contributed by atoms with Gasteiger partial charge in [-0.3, -0.25) is 9.59 Å². The van der Waals surface area contributed by atoms with Gasteiger partial charge in [0.2, 0.25) is 5.91 Å². The second kappa shape index (κ2) is 7.75. The molecule has 0 bridgehead atoms. The third-order valence-electron chi connectivity index (χ3n) is 2.86. The van der Waals surface area contributed by atoms with Gasteiger partial charge in [-0.2, -0.15) is 0 Å². The SMILES string of the molecule is COc1cccc(Cl)c1CC(CCC(=O)O)NC(C)=O. The van der Waals surface area contributed by atoms with Gasteiger partial charge in [0.15, 0.2) is 0 Å². The van der Waals surface area contributed by atoms with Gasteiger partial charge in [0, 0.05) is 30.0 Å². The number of benzene rings is 1. The molecule has 0 aliphatic rings. The Kier molecular flexibility index (Phi) is 6.31. The summed E-state index contributed by atoms with van der Waals surface area (Å²) in [6, 6.07) is 5.00. The number of hydrogen-bond acceptors (Lipinski definition) is 3. The van der Waals surface area contributed by atoms with E-state index in [1.54, 1.807) is 25.3 Å². The maximum atomic E-state index is 11.2. The minimum Gasteiger partial charge on any atom is -0.496 e. The molecular formula is C14H18ClNO4. The van der Waals surface area contributed by atoms with Crippen molar-refractivity contribution < 1.29 is 19.4 Å². The van der Waals surface area contributed by atoms with Gasteiger partial charge in [0.05, 0.1) is 7.11 Å². The van der Waals surface area contributed by atoms with Crippen molar-refractivity contribution in [3.8, 4) is 5.75 Å². The lowest BCUT2D eigenvalue weighted by molar-refractivity contribution is -0.137. The Hall–Kier alpha value is -1.75. The summed E-state index contributed by atoms with van der Waals surface area (Å²) in [6.45, 7) is 1.40. The molecule has 0 saturated carbocycles. The zero-order valence-corrected chi connectivity index (χ0v) is 12.2. The van der Waals surface area contributed by atoms with Gasteiger partial charge in [0.25, 0.3) is 0 Å². The Morgan fingerprint density at radius 1 is 1.45 bits per heavy atom. The molecular weight excluding hydrogens is 282 g/mol. The van der Waals surface area contributed by atoms with Crippen molar-refractivity contribution in [3.05, 3.63) is 28.8 Å². The van der Waals surface area contributed by atoms with Crippen molar-refractivity contribution in [3.63, 3.8) is 0 Å². The first kappa shape index (κ1) is 16.3. The molecule has 1 aromatic carbocycles.